The molecule has 1 aromatic carbocycles. The number of urea groups is 1. The summed E-state index contributed by atoms with van der Waals surface area (Å²) in [6.45, 7) is 2.58. The van der Waals surface area contributed by atoms with Crippen molar-refractivity contribution >= 4 is 12.0 Å². The number of ether oxygens (including phenoxy) is 2. The number of nitrogens with one attached hydrogen (secondary N) is 2. The predicted octanol–water partition coefficient (Wildman–Crippen LogP) is 1.81. The summed E-state index contributed by atoms with van der Waals surface area (Å²) in [5, 5.41) is 13.9. The summed E-state index contributed by atoms with van der Waals surface area (Å²) < 4.78 is 10.9. The molecule has 1 heterocycles. The highest BCUT2D eigenvalue weighted by molar-refractivity contribution is 5.93. The highest BCUT2D eigenvalue weighted by Gasteiger charge is 2.24. The molecule has 0 saturated carbocycles. The molecule has 0 aromatic heterocycles. The van der Waals surface area contributed by atoms with Gasteiger partial charge in [0, 0.05) is 0 Å². The van der Waals surface area contributed by atoms with Crippen molar-refractivity contribution in [2.45, 2.75) is 19.4 Å². The normalized spacial score (nSPS) is 17.1. The lowest BCUT2D eigenvalue weighted by Crippen LogP contribution is -2.43. The van der Waals surface area contributed by atoms with E-state index in [4.69, 9.17) is 14.6 Å². The maximum absolute atomic E-state index is 11.5. The standard InChI is InChI=1S/C15H18N2O5/c1-3-6-22-12-5-4-9(7-13(12)21-2)10-8-11(14(18)19)17-15(20)16-10/h4-5,7-8,10H,3,6H2,1-2H3,(H,18,19)(H2,16,17,20)/t10-/m0/s1. The summed E-state index contributed by atoms with van der Waals surface area (Å²) in [7, 11) is 1.53. The van der Waals surface area contributed by atoms with Crippen LogP contribution in [-0.4, -0.2) is 30.8 Å². The minimum absolute atomic E-state index is 0.154. The summed E-state index contributed by atoms with van der Waals surface area (Å²) in [5.74, 6) is -0.0467. The molecule has 7 nitrogen and oxygen atoms in total. The Morgan fingerprint density at radius 3 is 2.77 bits per heavy atom. The van der Waals surface area contributed by atoms with Crippen LogP contribution in [0.3, 0.4) is 0 Å². The third kappa shape index (κ3) is 3.49. The SMILES string of the molecule is CCCOc1ccc([C@@H]2C=C(C(=O)O)NC(=O)N2)cc1OC. The second-order valence-electron chi connectivity index (χ2n) is 4.72. The molecule has 1 aliphatic heterocycles. The lowest BCUT2D eigenvalue weighted by Gasteiger charge is -2.23. The van der Waals surface area contributed by atoms with Gasteiger partial charge in [-0.1, -0.05) is 13.0 Å². The maximum atomic E-state index is 11.5. The van der Waals surface area contributed by atoms with Crippen LogP contribution in [0, 0.1) is 0 Å². The molecule has 1 aromatic rings. The zero-order valence-corrected chi connectivity index (χ0v) is 12.4. The van der Waals surface area contributed by atoms with Crippen LogP contribution in [0.1, 0.15) is 24.9 Å². The van der Waals surface area contributed by atoms with Crippen LogP contribution >= 0.6 is 0 Å². The third-order valence-corrected chi connectivity index (χ3v) is 3.11. The van der Waals surface area contributed by atoms with E-state index in [9.17, 15) is 9.59 Å². The van der Waals surface area contributed by atoms with E-state index >= 15 is 0 Å². The molecule has 2 rings (SSSR count). The van der Waals surface area contributed by atoms with Gasteiger partial charge in [0.2, 0.25) is 0 Å². The minimum Gasteiger partial charge on any atom is -0.493 e. The first kappa shape index (κ1) is 15.7. The summed E-state index contributed by atoms with van der Waals surface area (Å²) in [6.07, 6.45) is 2.31. The Kier molecular flexibility index (Phi) is 4.88. The molecule has 0 unspecified atom stereocenters. The van der Waals surface area contributed by atoms with Gasteiger partial charge in [-0.2, -0.15) is 0 Å². The van der Waals surface area contributed by atoms with E-state index in [1.165, 1.54) is 13.2 Å². The van der Waals surface area contributed by atoms with Crippen molar-refractivity contribution in [2.75, 3.05) is 13.7 Å². The topological polar surface area (TPSA) is 96.9 Å². The molecule has 1 atom stereocenters. The Balaban J connectivity index is 2.30. The van der Waals surface area contributed by atoms with Gasteiger partial charge in [-0.25, -0.2) is 9.59 Å². The molecule has 7 heteroatoms. The van der Waals surface area contributed by atoms with Crippen molar-refractivity contribution in [2.24, 2.45) is 0 Å². The molecule has 118 valence electrons. The monoisotopic (exact) mass is 306 g/mol. The van der Waals surface area contributed by atoms with Gasteiger partial charge < -0.3 is 25.2 Å². The zero-order valence-electron chi connectivity index (χ0n) is 12.4. The molecule has 2 amide bonds. The van der Waals surface area contributed by atoms with Crippen LogP contribution in [0.5, 0.6) is 11.5 Å². The van der Waals surface area contributed by atoms with E-state index in [1.807, 2.05) is 6.92 Å². The van der Waals surface area contributed by atoms with E-state index in [0.29, 0.717) is 23.7 Å². The molecule has 22 heavy (non-hydrogen) atoms. The Labute approximate surface area is 127 Å². The van der Waals surface area contributed by atoms with Crippen molar-refractivity contribution in [3.63, 3.8) is 0 Å². The molecule has 3 N–H and O–H groups in total. The minimum atomic E-state index is -1.19. The van der Waals surface area contributed by atoms with Gasteiger partial charge in [0.25, 0.3) is 0 Å². The molecule has 0 aliphatic carbocycles. The second-order valence-corrected chi connectivity index (χ2v) is 4.72. The number of hydrogen-bond donors (Lipinski definition) is 3. The summed E-state index contributed by atoms with van der Waals surface area (Å²) in [6, 6.07) is 4.12. The molecule has 0 bridgehead atoms. The van der Waals surface area contributed by atoms with E-state index in [-0.39, 0.29) is 5.70 Å². The van der Waals surface area contributed by atoms with E-state index in [2.05, 4.69) is 10.6 Å². The highest BCUT2D eigenvalue weighted by Crippen LogP contribution is 2.31. The molecule has 0 radical (unpaired) electrons. The number of carboxylic acids is 1. The first-order valence-electron chi connectivity index (χ1n) is 6.88. The van der Waals surface area contributed by atoms with E-state index in [0.717, 1.165) is 6.42 Å². The first-order valence-corrected chi connectivity index (χ1v) is 6.88. The van der Waals surface area contributed by atoms with E-state index in [1.54, 1.807) is 18.2 Å². The van der Waals surface area contributed by atoms with Crippen LogP contribution in [0.25, 0.3) is 0 Å². The predicted molar refractivity (Wildman–Crippen MR) is 78.9 cm³/mol. The largest absolute Gasteiger partial charge is 0.493 e. The third-order valence-electron chi connectivity index (χ3n) is 3.11. The second kappa shape index (κ2) is 6.84. The number of aliphatic carboxylic acids is 1. The van der Waals surface area contributed by atoms with Gasteiger partial charge in [-0.3, -0.25) is 0 Å². The molecule has 0 saturated heterocycles. The van der Waals surface area contributed by atoms with Crippen LogP contribution in [-0.2, 0) is 4.79 Å². The number of hydrogen-bond acceptors (Lipinski definition) is 4. The Bertz CT molecular complexity index is 612. The van der Waals surface area contributed by atoms with Crippen LogP contribution in [0.2, 0.25) is 0 Å². The Morgan fingerprint density at radius 2 is 2.14 bits per heavy atom. The number of carbonyl (C=O) groups is 2. The van der Waals surface area contributed by atoms with Crippen molar-refractivity contribution in [3.8, 4) is 11.5 Å². The molecule has 0 spiro atoms. The van der Waals surface area contributed by atoms with Crippen LogP contribution in [0.15, 0.2) is 30.0 Å². The van der Waals surface area contributed by atoms with Crippen molar-refractivity contribution < 1.29 is 24.2 Å². The number of rotatable bonds is 6. The number of benzene rings is 1. The first-order chi connectivity index (χ1) is 10.5. The van der Waals surface area contributed by atoms with Gasteiger partial charge in [0.1, 0.15) is 5.70 Å². The fraction of sp³-hybridized carbons (Fsp3) is 0.333. The number of carbonyl (C=O) groups excluding carboxylic acids is 1. The lowest BCUT2D eigenvalue weighted by atomic mass is 10.0. The number of carboxylic acid groups (broad SMARTS) is 1. The quantitative estimate of drug-likeness (QED) is 0.744. The maximum Gasteiger partial charge on any atom is 0.352 e. The van der Waals surface area contributed by atoms with Crippen LogP contribution in [0.4, 0.5) is 4.79 Å². The molecule has 1 aliphatic rings. The average molecular weight is 306 g/mol. The molecular formula is C15H18N2O5. The lowest BCUT2D eigenvalue weighted by molar-refractivity contribution is -0.133. The average Bonchev–Trinajstić information content (AvgIpc) is 2.52. The number of amides is 2. The smallest absolute Gasteiger partial charge is 0.352 e. The van der Waals surface area contributed by atoms with Gasteiger partial charge in [-0.15, -0.1) is 0 Å². The van der Waals surface area contributed by atoms with Crippen LogP contribution < -0.4 is 20.1 Å². The highest BCUT2D eigenvalue weighted by atomic mass is 16.5. The fourth-order valence-electron chi connectivity index (χ4n) is 2.06. The van der Waals surface area contributed by atoms with Gasteiger partial charge in [0.15, 0.2) is 11.5 Å². The van der Waals surface area contributed by atoms with Gasteiger partial charge in [-0.05, 0) is 30.2 Å². The summed E-state index contributed by atoms with van der Waals surface area (Å²) >= 11 is 0. The van der Waals surface area contributed by atoms with E-state index < -0.39 is 18.0 Å². The van der Waals surface area contributed by atoms with Gasteiger partial charge in [0.05, 0.1) is 19.8 Å². The van der Waals surface area contributed by atoms with Gasteiger partial charge >= 0.3 is 12.0 Å². The number of methoxy groups -OCH3 is 1. The van der Waals surface area contributed by atoms with Crippen molar-refractivity contribution in [1.82, 2.24) is 10.6 Å². The fourth-order valence-corrected chi connectivity index (χ4v) is 2.06. The molecule has 0 fully saturated rings. The molecular weight excluding hydrogens is 288 g/mol. The van der Waals surface area contributed by atoms with Crippen molar-refractivity contribution in [1.29, 1.82) is 0 Å². The Hall–Kier alpha value is -2.70. The van der Waals surface area contributed by atoms with Crippen molar-refractivity contribution in [3.05, 3.63) is 35.5 Å². The Morgan fingerprint density at radius 1 is 1.36 bits per heavy atom. The summed E-state index contributed by atoms with van der Waals surface area (Å²) in [5.41, 5.74) is 0.549. The zero-order chi connectivity index (χ0) is 16.1. The summed E-state index contributed by atoms with van der Waals surface area (Å²) in [4.78, 5) is 22.6.